The molecule has 0 radical (unpaired) electrons. The van der Waals surface area contributed by atoms with Gasteiger partial charge in [-0.25, -0.2) is 0 Å². The van der Waals surface area contributed by atoms with Crippen molar-refractivity contribution in [1.29, 1.82) is 0 Å². The molecule has 0 spiro atoms. The summed E-state index contributed by atoms with van der Waals surface area (Å²) in [4.78, 5) is 19.9. The van der Waals surface area contributed by atoms with E-state index in [9.17, 15) is 4.79 Å². The molecule has 2 aromatic carbocycles. The molecule has 2 heterocycles. The van der Waals surface area contributed by atoms with Crippen LogP contribution in [0, 0.1) is 5.92 Å². The summed E-state index contributed by atoms with van der Waals surface area (Å²) in [6.45, 7) is 2.85. The van der Waals surface area contributed by atoms with Crippen molar-refractivity contribution < 1.29 is 9.53 Å². The molecule has 1 fully saturated rings. The largest absolute Gasteiger partial charge is 0.496 e. The smallest absolute Gasteiger partial charge is 0.224 e. The van der Waals surface area contributed by atoms with Gasteiger partial charge in [0.25, 0.3) is 0 Å². The first kappa shape index (κ1) is 22.0. The van der Waals surface area contributed by atoms with Crippen LogP contribution in [0.25, 0.3) is 0 Å². The molecule has 166 valence electrons. The number of carbonyl (C=O) groups is 1. The maximum Gasteiger partial charge on any atom is 0.224 e. The summed E-state index contributed by atoms with van der Waals surface area (Å²) in [6, 6.07) is 24.0. The highest BCUT2D eigenvalue weighted by molar-refractivity contribution is 5.79. The Labute approximate surface area is 190 Å². The number of para-hydroxylation sites is 1. The van der Waals surface area contributed by atoms with Gasteiger partial charge >= 0.3 is 0 Å². The average molecular weight is 430 g/mol. The lowest BCUT2D eigenvalue weighted by Gasteiger charge is -2.36. The molecule has 5 heteroatoms. The van der Waals surface area contributed by atoms with Gasteiger partial charge in [-0.2, -0.15) is 0 Å². The molecule has 0 saturated carbocycles. The molecule has 1 atom stereocenters. The van der Waals surface area contributed by atoms with Gasteiger partial charge in [0.05, 0.1) is 25.3 Å². The number of carbonyl (C=O) groups excluding carboxylic acids is 1. The Morgan fingerprint density at radius 1 is 1.03 bits per heavy atom. The van der Waals surface area contributed by atoms with Crippen molar-refractivity contribution in [1.82, 2.24) is 15.2 Å². The van der Waals surface area contributed by atoms with Crippen molar-refractivity contribution >= 4 is 5.91 Å². The van der Waals surface area contributed by atoms with Gasteiger partial charge in [-0.15, -0.1) is 0 Å². The molecule has 1 aromatic heterocycles. The van der Waals surface area contributed by atoms with Crippen molar-refractivity contribution in [3.8, 4) is 5.75 Å². The van der Waals surface area contributed by atoms with Crippen molar-refractivity contribution in [2.75, 3.05) is 20.2 Å². The highest BCUT2D eigenvalue weighted by Crippen LogP contribution is 2.31. The van der Waals surface area contributed by atoms with E-state index in [4.69, 9.17) is 4.74 Å². The fourth-order valence-corrected chi connectivity index (χ4v) is 4.52. The molecule has 0 bridgehead atoms. The number of piperidine rings is 1. The highest BCUT2D eigenvalue weighted by atomic mass is 16.5. The fourth-order valence-electron chi connectivity index (χ4n) is 4.52. The second kappa shape index (κ2) is 10.9. The summed E-state index contributed by atoms with van der Waals surface area (Å²) in [5.74, 6) is 1.34. The normalized spacial score (nSPS) is 15.8. The van der Waals surface area contributed by atoms with E-state index in [-0.39, 0.29) is 11.9 Å². The molecule has 1 aliphatic heterocycles. The number of hydrogen-bond donors (Lipinski definition) is 1. The van der Waals surface area contributed by atoms with E-state index in [2.05, 4.69) is 27.3 Å². The summed E-state index contributed by atoms with van der Waals surface area (Å²) in [7, 11) is 1.72. The number of pyridine rings is 1. The SMILES string of the molecule is COc1ccccc1CN1CCC([C@@H](NC(=O)Cc2ccccc2)c2ccccn2)CC1. The summed E-state index contributed by atoms with van der Waals surface area (Å²) in [6.07, 6.45) is 4.23. The summed E-state index contributed by atoms with van der Waals surface area (Å²) >= 11 is 0. The van der Waals surface area contributed by atoms with E-state index in [0.29, 0.717) is 12.3 Å². The van der Waals surface area contributed by atoms with E-state index in [0.717, 1.165) is 49.5 Å². The van der Waals surface area contributed by atoms with Gasteiger partial charge in [0.1, 0.15) is 5.75 Å². The number of aromatic nitrogens is 1. The Bertz CT molecular complexity index is 986. The maximum absolute atomic E-state index is 12.9. The van der Waals surface area contributed by atoms with Gasteiger partial charge in [-0.05, 0) is 55.6 Å². The second-order valence-electron chi connectivity index (χ2n) is 8.39. The molecular weight excluding hydrogens is 398 g/mol. The lowest BCUT2D eigenvalue weighted by atomic mass is 9.87. The van der Waals surface area contributed by atoms with Crippen LogP contribution in [0.2, 0.25) is 0 Å². The third-order valence-electron chi connectivity index (χ3n) is 6.22. The number of nitrogens with zero attached hydrogens (tertiary/aromatic N) is 2. The zero-order valence-electron chi connectivity index (χ0n) is 18.6. The maximum atomic E-state index is 12.9. The number of amides is 1. The first-order valence-electron chi connectivity index (χ1n) is 11.3. The lowest BCUT2D eigenvalue weighted by Crippen LogP contribution is -2.41. The van der Waals surface area contributed by atoms with Crippen LogP contribution in [-0.4, -0.2) is 36.0 Å². The van der Waals surface area contributed by atoms with Crippen LogP contribution in [0.3, 0.4) is 0 Å². The molecule has 4 rings (SSSR count). The van der Waals surface area contributed by atoms with Crippen LogP contribution in [0.5, 0.6) is 5.75 Å². The molecule has 1 amide bonds. The van der Waals surface area contributed by atoms with Gasteiger partial charge in [-0.3, -0.25) is 14.7 Å². The Balaban J connectivity index is 1.40. The van der Waals surface area contributed by atoms with Crippen LogP contribution < -0.4 is 10.1 Å². The van der Waals surface area contributed by atoms with Crippen LogP contribution in [0.4, 0.5) is 0 Å². The first-order chi connectivity index (χ1) is 15.7. The third-order valence-corrected chi connectivity index (χ3v) is 6.22. The van der Waals surface area contributed by atoms with Crippen molar-refractivity contribution in [3.05, 3.63) is 95.8 Å². The molecule has 0 unspecified atom stereocenters. The highest BCUT2D eigenvalue weighted by Gasteiger charge is 2.30. The Morgan fingerprint density at radius 2 is 1.75 bits per heavy atom. The van der Waals surface area contributed by atoms with Gasteiger partial charge in [0, 0.05) is 18.3 Å². The van der Waals surface area contributed by atoms with Gasteiger partial charge in [0.15, 0.2) is 0 Å². The van der Waals surface area contributed by atoms with Crippen LogP contribution in [0.15, 0.2) is 79.0 Å². The lowest BCUT2D eigenvalue weighted by molar-refractivity contribution is -0.121. The molecule has 1 aliphatic rings. The number of methoxy groups -OCH3 is 1. The number of ether oxygens (including phenoxy) is 1. The molecule has 5 nitrogen and oxygen atoms in total. The van der Waals surface area contributed by atoms with Crippen LogP contribution in [0.1, 0.15) is 35.7 Å². The summed E-state index contributed by atoms with van der Waals surface area (Å²) < 4.78 is 5.51. The summed E-state index contributed by atoms with van der Waals surface area (Å²) in [5, 5.41) is 3.29. The van der Waals surface area contributed by atoms with Crippen LogP contribution >= 0.6 is 0 Å². The van der Waals surface area contributed by atoms with E-state index in [1.54, 1.807) is 7.11 Å². The minimum Gasteiger partial charge on any atom is -0.496 e. The van der Waals surface area contributed by atoms with Crippen LogP contribution in [-0.2, 0) is 17.8 Å². The first-order valence-corrected chi connectivity index (χ1v) is 11.3. The van der Waals surface area contributed by atoms with Crippen molar-refractivity contribution in [2.24, 2.45) is 5.92 Å². The average Bonchev–Trinajstić information content (AvgIpc) is 2.85. The van der Waals surface area contributed by atoms with Crippen molar-refractivity contribution in [3.63, 3.8) is 0 Å². The number of rotatable bonds is 8. The van der Waals surface area contributed by atoms with E-state index < -0.39 is 0 Å². The standard InChI is InChI=1S/C27H31N3O2/c1-32-25-13-6-5-11-23(25)20-30-17-14-22(15-18-30)27(24-12-7-8-16-28-24)29-26(31)19-21-9-3-2-4-10-21/h2-13,16,22,27H,14-15,17-20H2,1H3,(H,29,31)/t27-/m1/s1. The van der Waals surface area contributed by atoms with E-state index in [1.807, 2.05) is 66.9 Å². The van der Waals surface area contributed by atoms with Gasteiger partial charge < -0.3 is 10.1 Å². The minimum atomic E-state index is -0.0687. The summed E-state index contributed by atoms with van der Waals surface area (Å²) in [5.41, 5.74) is 3.18. The fraction of sp³-hybridized carbons (Fsp3) is 0.333. The zero-order valence-corrected chi connectivity index (χ0v) is 18.6. The molecule has 1 saturated heterocycles. The molecule has 1 N–H and O–H groups in total. The second-order valence-corrected chi connectivity index (χ2v) is 8.39. The monoisotopic (exact) mass is 429 g/mol. The third kappa shape index (κ3) is 5.74. The Hall–Kier alpha value is -3.18. The molecule has 3 aromatic rings. The van der Waals surface area contributed by atoms with E-state index >= 15 is 0 Å². The number of benzene rings is 2. The number of nitrogens with one attached hydrogen (secondary N) is 1. The van der Waals surface area contributed by atoms with Crippen molar-refractivity contribution in [2.45, 2.75) is 31.8 Å². The van der Waals surface area contributed by atoms with Gasteiger partial charge in [0.2, 0.25) is 5.91 Å². The Kier molecular flexibility index (Phi) is 7.51. The predicted molar refractivity (Wildman–Crippen MR) is 126 cm³/mol. The quantitative estimate of drug-likeness (QED) is 0.577. The number of hydrogen-bond acceptors (Lipinski definition) is 4. The molecular formula is C27H31N3O2. The topological polar surface area (TPSA) is 54.5 Å². The van der Waals surface area contributed by atoms with E-state index in [1.165, 1.54) is 5.56 Å². The minimum absolute atomic E-state index is 0.0447. The molecule has 0 aliphatic carbocycles. The van der Waals surface area contributed by atoms with Gasteiger partial charge in [-0.1, -0.05) is 54.6 Å². The predicted octanol–water partition coefficient (Wildman–Crippen LogP) is 4.40. The zero-order chi connectivity index (χ0) is 22.2. The Morgan fingerprint density at radius 3 is 2.47 bits per heavy atom. The number of likely N-dealkylation sites (tertiary alicyclic amines) is 1. The molecule has 32 heavy (non-hydrogen) atoms.